The molecule has 2 heterocycles. The molecule has 2 aromatic rings. The fourth-order valence-electron chi connectivity index (χ4n) is 2.17. The first-order chi connectivity index (χ1) is 10.0. The lowest BCUT2D eigenvalue weighted by molar-refractivity contribution is -0.0508. The molecule has 0 fully saturated rings. The van der Waals surface area contributed by atoms with Crippen molar-refractivity contribution in [2.24, 2.45) is 0 Å². The van der Waals surface area contributed by atoms with Crippen LogP contribution >= 0.6 is 11.8 Å². The summed E-state index contributed by atoms with van der Waals surface area (Å²) in [5, 5.41) is 3.60. The van der Waals surface area contributed by atoms with E-state index in [0.717, 1.165) is 16.1 Å². The van der Waals surface area contributed by atoms with Gasteiger partial charge in [0.1, 0.15) is 0 Å². The van der Waals surface area contributed by atoms with Gasteiger partial charge in [-0.1, -0.05) is 17.8 Å². The van der Waals surface area contributed by atoms with Crippen molar-refractivity contribution in [2.75, 3.05) is 5.32 Å². The van der Waals surface area contributed by atoms with E-state index in [9.17, 15) is 13.6 Å². The zero-order chi connectivity index (χ0) is 15.0. The Bertz CT molecular complexity index is 733. The van der Waals surface area contributed by atoms with Crippen LogP contribution in [0.5, 0.6) is 5.75 Å². The largest absolute Gasteiger partial charge is 0.429 e. The number of pyridine rings is 1. The average Bonchev–Trinajstić information content (AvgIpc) is 2.79. The van der Waals surface area contributed by atoms with E-state index in [1.807, 2.05) is 18.2 Å². The number of fused-ring (bicyclic) bond motifs is 1. The van der Waals surface area contributed by atoms with Gasteiger partial charge in [-0.15, -0.1) is 0 Å². The molecule has 0 saturated heterocycles. The third-order valence-electron chi connectivity index (χ3n) is 3.06. The lowest BCUT2D eigenvalue weighted by atomic mass is 10.1. The minimum atomic E-state index is -3.03. The topological polar surface area (TPSA) is 54.1 Å². The van der Waals surface area contributed by atoms with E-state index in [0.29, 0.717) is 10.9 Å². The molecule has 110 valence electrons. The van der Waals surface area contributed by atoms with E-state index in [1.54, 1.807) is 11.8 Å². The van der Waals surface area contributed by atoms with Gasteiger partial charge in [-0.2, -0.15) is 8.78 Å². The summed E-state index contributed by atoms with van der Waals surface area (Å²) in [4.78, 5) is 14.9. The number of hydrogen-bond acceptors (Lipinski definition) is 4. The summed E-state index contributed by atoms with van der Waals surface area (Å²) >= 11 is 1.68. The fraction of sp³-hybridized carbons (Fsp3) is 0.214. The van der Waals surface area contributed by atoms with Gasteiger partial charge in [0.25, 0.3) is 5.56 Å². The predicted molar refractivity (Wildman–Crippen MR) is 78.1 cm³/mol. The molecule has 3 rings (SSSR count). The van der Waals surface area contributed by atoms with Crippen molar-refractivity contribution < 1.29 is 13.5 Å². The first-order valence-corrected chi connectivity index (χ1v) is 7.16. The van der Waals surface area contributed by atoms with Crippen LogP contribution < -0.4 is 15.6 Å². The molecule has 1 atom stereocenters. The number of aromatic nitrogens is 1. The number of aromatic amines is 1. The van der Waals surface area contributed by atoms with Crippen LogP contribution in [0.4, 0.5) is 14.5 Å². The number of anilines is 1. The third kappa shape index (κ3) is 2.87. The maximum atomic E-state index is 12.3. The Kier molecular flexibility index (Phi) is 3.59. The molecule has 0 aliphatic carbocycles. The lowest BCUT2D eigenvalue weighted by Gasteiger charge is -2.07. The number of thioether (sulfide) groups is 1. The summed E-state index contributed by atoms with van der Waals surface area (Å²) in [6.45, 7) is -0.971. The first kappa shape index (κ1) is 13.9. The Morgan fingerprint density at radius 3 is 2.86 bits per heavy atom. The van der Waals surface area contributed by atoms with Crippen LogP contribution in [-0.2, 0) is 0 Å². The Morgan fingerprint density at radius 2 is 2.10 bits per heavy atom. The number of benzene rings is 1. The Hall–Kier alpha value is -2.02. The van der Waals surface area contributed by atoms with Crippen LogP contribution in [0, 0.1) is 0 Å². The Morgan fingerprint density at radius 1 is 1.29 bits per heavy atom. The van der Waals surface area contributed by atoms with Crippen LogP contribution in [0.1, 0.15) is 6.92 Å². The molecular weight excluding hydrogens is 298 g/mol. The van der Waals surface area contributed by atoms with E-state index in [2.05, 4.69) is 22.0 Å². The van der Waals surface area contributed by atoms with Gasteiger partial charge in [-0.25, -0.2) is 0 Å². The molecule has 1 aliphatic rings. The number of rotatable bonds is 3. The SMILES string of the molecule is CC1Nc2ccc(-c3c[nH]c(=O)c(OC(F)F)c3)cc2S1. The van der Waals surface area contributed by atoms with Gasteiger partial charge in [0.05, 0.1) is 5.37 Å². The number of halogens is 2. The average molecular weight is 310 g/mol. The number of ether oxygens (including phenoxy) is 1. The first-order valence-electron chi connectivity index (χ1n) is 6.28. The van der Waals surface area contributed by atoms with Crippen molar-refractivity contribution in [2.45, 2.75) is 23.8 Å². The van der Waals surface area contributed by atoms with Crippen molar-refractivity contribution in [1.29, 1.82) is 0 Å². The highest BCUT2D eigenvalue weighted by atomic mass is 32.2. The monoisotopic (exact) mass is 310 g/mol. The van der Waals surface area contributed by atoms with Crippen molar-refractivity contribution in [3.63, 3.8) is 0 Å². The van der Waals surface area contributed by atoms with E-state index in [-0.39, 0.29) is 5.75 Å². The maximum Gasteiger partial charge on any atom is 0.387 e. The molecule has 2 N–H and O–H groups in total. The van der Waals surface area contributed by atoms with Gasteiger partial charge in [0, 0.05) is 22.3 Å². The predicted octanol–water partition coefficient (Wildman–Crippen LogP) is 3.51. The summed E-state index contributed by atoms with van der Waals surface area (Å²) in [6.07, 6.45) is 1.48. The van der Waals surface area contributed by atoms with Crippen LogP contribution in [0.15, 0.2) is 40.2 Å². The standard InChI is InChI=1S/C14H12F2N2O2S/c1-7-18-10-3-2-8(5-12(10)21-7)9-4-11(20-14(15)16)13(19)17-6-9/h2-7,14,18H,1H3,(H,17,19). The second kappa shape index (κ2) is 5.40. The van der Waals surface area contributed by atoms with Crippen LogP contribution in [-0.4, -0.2) is 17.0 Å². The molecule has 0 saturated carbocycles. The summed E-state index contributed by atoms with van der Waals surface area (Å²) < 4.78 is 28.8. The van der Waals surface area contributed by atoms with Crippen LogP contribution in [0.25, 0.3) is 11.1 Å². The quantitative estimate of drug-likeness (QED) is 0.911. The smallest absolute Gasteiger partial charge is 0.387 e. The van der Waals surface area contributed by atoms with Gasteiger partial charge in [-0.05, 0) is 30.7 Å². The fourth-order valence-corrected chi connectivity index (χ4v) is 3.19. The molecule has 21 heavy (non-hydrogen) atoms. The molecule has 0 radical (unpaired) electrons. The summed E-state index contributed by atoms with van der Waals surface area (Å²) in [7, 11) is 0. The minimum absolute atomic E-state index is 0.295. The summed E-state index contributed by atoms with van der Waals surface area (Å²) in [5.41, 5.74) is 1.82. The van der Waals surface area contributed by atoms with Gasteiger partial charge in [0.2, 0.25) is 0 Å². The lowest BCUT2D eigenvalue weighted by Crippen LogP contribution is -2.14. The molecule has 1 unspecified atom stereocenters. The zero-order valence-corrected chi connectivity index (χ0v) is 11.8. The maximum absolute atomic E-state index is 12.3. The van der Waals surface area contributed by atoms with E-state index in [4.69, 9.17) is 0 Å². The summed E-state index contributed by atoms with van der Waals surface area (Å²) in [5.74, 6) is -0.387. The van der Waals surface area contributed by atoms with Crippen molar-refractivity contribution in [1.82, 2.24) is 4.98 Å². The molecule has 1 aliphatic heterocycles. The molecule has 4 nitrogen and oxygen atoms in total. The number of hydrogen-bond donors (Lipinski definition) is 2. The Labute approximate surface area is 123 Å². The zero-order valence-electron chi connectivity index (χ0n) is 11.0. The van der Waals surface area contributed by atoms with Gasteiger partial charge in [-0.3, -0.25) is 4.79 Å². The minimum Gasteiger partial charge on any atom is -0.429 e. The molecule has 7 heteroatoms. The molecule has 0 amide bonds. The molecule has 1 aromatic heterocycles. The highest BCUT2D eigenvalue weighted by Crippen LogP contribution is 2.40. The second-order valence-corrected chi connectivity index (χ2v) is 5.96. The normalized spacial score (nSPS) is 16.7. The van der Waals surface area contributed by atoms with E-state index >= 15 is 0 Å². The van der Waals surface area contributed by atoms with E-state index < -0.39 is 12.2 Å². The Balaban J connectivity index is 1.98. The highest BCUT2D eigenvalue weighted by Gasteiger charge is 2.18. The number of H-pyrrole nitrogens is 1. The van der Waals surface area contributed by atoms with Crippen molar-refractivity contribution in [3.8, 4) is 16.9 Å². The number of nitrogens with one attached hydrogen (secondary N) is 2. The van der Waals surface area contributed by atoms with Crippen molar-refractivity contribution in [3.05, 3.63) is 40.8 Å². The molecular formula is C14H12F2N2O2S. The van der Waals surface area contributed by atoms with Gasteiger partial charge >= 0.3 is 6.61 Å². The van der Waals surface area contributed by atoms with Crippen molar-refractivity contribution >= 4 is 17.4 Å². The molecule has 0 spiro atoms. The highest BCUT2D eigenvalue weighted by molar-refractivity contribution is 8.00. The summed E-state index contributed by atoms with van der Waals surface area (Å²) in [6, 6.07) is 7.07. The second-order valence-electron chi connectivity index (χ2n) is 4.58. The van der Waals surface area contributed by atoms with Crippen LogP contribution in [0.3, 0.4) is 0 Å². The van der Waals surface area contributed by atoms with Crippen LogP contribution in [0.2, 0.25) is 0 Å². The number of alkyl halides is 2. The molecule has 0 bridgehead atoms. The van der Waals surface area contributed by atoms with Gasteiger partial charge < -0.3 is 15.0 Å². The molecule has 1 aromatic carbocycles. The van der Waals surface area contributed by atoms with Gasteiger partial charge in [0.15, 0.2) is 5.75 Å². The van der Waals surface area contributed by atoms with E-state index in [1.165, 1.54) is 12.3 Å². The third-order valence-corrected chi connectivity index (χ3v) is 4.13.